The fourth-order valence-electron chi connectivity index (χ4n) is 5.63. The van der Waals surface area contributed by atoms with Gasteiger partial charge in [-0.2, -0.15) is 0 Å². The van der Waals surface area contributed by atoms with Gasteiger partial charge in [0.05, 0.1) is 13.7 Å². The summed E-state index contributed by atoms with van der Waals surface area (Å²) < 4.78 is 5.42. The Morgan fingerprint density at radius 1 is 1.09 bits per heavy atom. The highest BCUT2D eigenvalue weighted by Gasteiger charge is 2.40. The van der Waals surface area contributed by atoms with Crippen LogP contribution in [0.3, 0.4) is 0 Å². The van der Waals surface area contributed by atoms with Crippen LogP contribution in [0.4, 0.5) is 5.69 Å². The van der Waals surface area contributed by atoms with E-state index in [9.17, 15) is 9.59 Å². The number of hydrogen-bond donors (Lipinski definition) is 2. The predicted molar refractivity (Wildman–Crippen MR) is 130 cm³/mol. The molecule has 6 nitrogen and oxygen atoms in total. The Morgan fingerprint density at radius 3 is 2.67 bits per heavy atom. The molecular formula is C27H35N3O3. The second-order valence-corrected chi connectivity index (χ2v) is 9.48. The van der Waals surface area contributed by atoms with Crippen molar-refractivity contribution in [2.24, 2.45) is 17.8 Å². The minimum absolute atomic E-state index is 0.0280. The molecule has 0 spiro atoms. The number of rotatable bonds is 8. The number of methoxy groups -OCH3 is 1. The Hall–Kier alpha value is -2.86. The molecule has 0 unspecified atom stereocenters. The van der Waals surface area contributed by atoms with E-state index in [1.807, 2.05) is 12.1 Å². The van der Waals surface area contributed by atoms with Crippen LogP contribution in [0.1, 0.15) is 37.3 Å². The van der Waals surface area contributed by atoms with E-state index < -0.39 is 0 Å². The lowest BCUT2D eigenvalue weighted by Crippen LogP contribution is -2.36. The van der Waals surface area contributed by atoms with Crippen molar-refractivity contribution in [2.45, 2.75) is 39.2 Å². The van der Waals surface area contributed by atoms with Crippen LogP contribution in [0, 0.1) is 17.8 Å². The van der Waals surface area contributed by atoms with Gasteiger partial charge in [0.25, 0.3) is 0 Å². The van der Waals surface area contributed by atoms with Crippen LogP contribution in [0.5, 0.6) is 5.75 Å². The molecule has 2 aromatic carbocycles. The van der Waals surface area contributed by atoms with Gasteiger partial charge in [-0.3, -0.25) is 14.5 Å². The van der Waals surface area contributed by atoms with Crippen LogP contribution in [0.2, 0.25) is 0 Å². The van der Waals surface area contributed by atoms with Crippen LogP contribution in [-0.4, -0.2) is 43.5 Å². The van der Waals surface area contributed by atoms with E-state index in [-0.39, 0.29) is 11.8 Å². The minimum atomic E-state index is -0.128. The number of benzene rings is 2. The summed E-state index contributed by atoms with van der Waals surface area (Å²) in [5.74, 6) is 2.69. The summed E-state index contributed by atoms with van der Waals surface area (Å²) in [6.07, 6.45) is 5.01. The lowest BCUT2D eigenvalue weighted by Gasteiger charge is -2.33. The Balaban J connectivity index is 1.31. The van der Waals surface area contributed by atoms with Crippen LogP contribution in [-0.2, 0) is 22.6 Å². The third-order valence-electron chi connectivity index (χ3n) is 7.11. The topological polar surface area (TPSA) is 70.7 Å². The minimum Gasteiger partial charge on any atom is -0.496 e. The largest absolute Gasteiger partial charge is 0.496 e. The van der Waals surface area contributed by atoms with Crippen molar-refractivity contribution in [1.82, 2.24) is 10.2 Å². The van der Waals surface area contributed by atoms with Crippen LogP contribution < -0.4 is 15.4 Å². The predicted octanol–water partition coefficient (Wildman–Crippen LogP) is 3.86. The monoisotopic (exact) mass is 449 g/mol. The maximum Gasteiger partial charge on any atom is 0.234 e. The molecule has 0 aromatic heterocycles. The quantitative estimate of drug-likeness (QED) is 0.642. The molecule has 1 heterocycles. The van der Waals surface area contributed by atoms with E-state index in [4.69, 9.17) is 4.74 Å². The Kier molecular flexibility index (Phi) is 7.65. The highest BCUT2D eigenvalue weighted by atomic mass is 16.5. The van der Waals surface area contributed by atoms with Crippen molar-refractivity contribution in [3.63, 3.8) is 0 Å². The van der Waals surface area contributed by atoms with Gasteiger partial charge >= 0.3 is 0 Å². The third kappa shape index (κ3) is 6.14. The summed E-state index contributed by atoms with van der Waals surface area (Å²) in [5.41, 5.74) is 2.96. The first-order chi connectivity index (χ1) is 16.0. The molecule has 1 aliphatic carbocycles. The SMILES string of the molecule is COc1ccc(NC(C)=O)cc1CNC(=O)CN1C[C@H]2CCC[C@H](Cc3ccccc3)[C@H]2C1. The molecule has 0 bridgehead atoms. The molecule has 2 N–H and O–H groups in total. The van der Waals surface area contributed by atoms with Gasteiger partial charge in [0, 0.05) is 37.8 Å². The van der Waals surface area contributed by atoms with Crippen molar-refractivity contribution in [2.75, 3.05) is 32.1 Å². The van der Waals surface area contributed by atoms with E-state index >= 15 is 0 Å². The molecular weight excluding hydrogens is 414 g/mol. The van der Waals surface area contributed by atoms with Crippen molar-refractivity contribution in [3.8, 4) is 5.75 Å². The van der Waals surface area contributed by atoms with Gasteiger partial charge in [-0.05, 0) is 60.8 Å². The number of nitrogens with one attached hydrogen (secondary N) is 2. The average molecular weight is 450 g/mol. The summed E-state index contributed by atoms with van der Waals surface area (Å²) >= 11 is 0. The van der Waals surface area contributed by atoms with Gasteiger partial charge in [-0.25, -0.2) is 0 Å². The first kappa shape index (κ1) is 23.3. The molecule has 2 amide bonds. The van der Waals surface area contributed by atoms with Gasteiger partial charge in [-0.1, -0.05) is 36.8 Å². The summed E-state index contributed by atoms with van der Waals surface area (Å²) in [6, 6.07) is 16.3. The number of likely N-dealkylation sites (tertiary alicyclic amines) is 1. The maximum absolute atomic E-state index is 12.7. The van der Waals surface area contributed by atoms with Crippen molar-refractivity contribution in [3.05, 3.63) is 59.7 Å². The fraction of sp³-hybridized carbons (Fsp3) is 0.481. The molecule has 33 heavy (non-hydrogen) atoms. The third-order valence-corrected chi connectivity index (χ3v) is 7.11. The van der Waals surface area contributed by atoms with Crippen LogP contribution in [0.15, 0.2) is 48.5 Å². The summed E-state index contributed by atoms with van der Waals surface area (Å²) in [6.45, 7) is 4.30. The van der Waals surface area contributed by atoms with Gasteiger partial charge in [0.2, 0.25) is 11.8 Å². The molecule has 2 aliphatic rings. The smallest absolute Gasteiger partial charge is 0.234 e. The molecule has 2 aromatic rings. The number of carbonyl (C=O) groups is 2. The number of nitrogens with zero attached hydrogens (tertiary/aromatic N) is 1. The number of amides is 2. The molecule has 1 aliphatic heterocycles. The number of fused-ring (bicyclic) bond motifs is 1. The molecule has 4 rings (SSSR count). The zero-order valence-electron chi connectivity index (χ0n) is 19.7. The van der Waals surface area contributed by atoms with E-state index in [0.717, 1.165) is 25.1 Å². The second kappa shape index (κ2) is 10.8. The van der Waals surface area contributed by atoms with Gasteiger partial charge in [0.15, 0.2) is 0 Å². The van der Waals surface area contributed by atoms with E-state index in [0.29, 0.717) is 42.3 Å². The number of hydrogen-bond acceptors (Lipinski definition) is 4. The molecule has 1 saturated heterocycles. The zero-order valence-corrected chi connectivity index (χ0v) is 19.7. The zero-order chi connectivity index (χ0) is 23.2. The standard InChI is InChI=1S/C27H35N3O3/c1-19(31)29-24-11-12-26(33-2)23(14-24)15-28-27(32)18-30-16-22-10-6-9-21(25(22)17-30)13-20-7-4-3-5-8-20/h3-5,7-8,11-12,14,21-22,25H,6,9-10,13,15-18H2,1-2H3,(H,28,32)(H,29,31)/t21-,22-,25-/m1/s1. The van der Waals surface area contributed by atoms with Gasteiger partial charge < -0.3 is 15.4 Å². The molecule has 0 radical (unpaired) electrons. The second-order valence-electron chi connectivity index (χ2n) is 9.48. The number of anilines is 1. The molecule has 176 valence electrons. The average Bonchev–Trinajstić information content (AvgIpc) is 3.21. The molecule has 2 fully saturated rings. The lowest BCUT2D eigenvalue weighted by atomic mass is 9.72. The first-order valence-electron chi connectivity index (χ1n) is 12.0. The molecule has 3 atom stereocenters. The van der Waals surface area contributed by atoms with Crippen molar-refractivity contribution in [1.29, 1.82) is 0 Å². The van der Waals surface area contributed by atoms with Gasteiger partial charge in [0.1, 0.15) is 5.75 Å². The van der Waals surface area contributed by atoms with Crippen molar-refractivity contribution >= 4 is 17.5 Å². The summed E-state index contributed by atoms with van der Waals surface area (Å²) in [7, 11) is 1.61. The lowest BCUT2D eigenvalue weighted by molar-refractivity contribution is -0.122. The van der Waals surface area contributed by atoms with E-state index in [2.05, 4.69) is 45.9 Å². The van der Waals surface area contributed by atoms with E-state index in [1.54, 1.807) is 13.2 Å². The summed E-state index contributed by atoms with van der Waals surface area (Å²) in [5, 5.41) is 5.82. The highest BCUT2D eigenvalue weighted by molar-refractivity contribution is 5.88. The maximum atomic E-state index is 12.7. The fourth-order valence-corrected chi connectivity index (χ4v) is 5.63. The van der Waals surface area contributed by atoms with Crippen LogP contribution >= 0.6 is 0 Å². The van der Waals surface area contributed by atoms with Crippen LogP contribution in [0.25, 0.3) is 0 Å². The van der Waals surface area contributed by atoms with E-state index in [1.165, 1.54) is 31.7 Å². The number of carbonyl (C=O) groups excluding carboxylic acids is 2. The Morgan fingerprint density at radius 2 is 1.91 bits per heavy atom. The van der Waals surface area contributed by atoms with Gasteiger partial charge in [-0.15, -0.1) is 0 Å². The molecule has 6 heteroatoms. The highest BCUT2D eigenvalue weighted by Crippen LogP contribution is 2.41. The molecule has 1 saturated carbocycles. The normalized spacial score (nSPS) is 22.4. The Labute approximate surface area is 196 Å². The van der Waals surface area contributed by atoms with Crippen molar-refractivity contribution < 1.29 is 14.3 Å². The Bertz CT molecular complexity index is 962. The summed E-state index contributed by atoms with van der Waals surface area (Å²) in [4.78, 5) is 26.4. The first-order valence-corrected chi connectivity index (χ1v) is 12.0. The number of ether oxygens (including phenoxy) is 1.